The molecule has 1 aliphatic carbocycles. The van der Waals surface area contributed by atoms with Crippen LogP contribution in [0.1, 0.15) is 30.5 Å². The van der Waals surface area contributed by atoms with Crippen LogP contribution in [0.5, 0.6) is 0 Å². The number of benzene rings is 2. The molecule has 142 valence electrons. The van der Waals surface area contributed by atoms with Crippen LogP contribution in [-0.2, 0) is 6.42 Å². The fourth-order valence-electron chi connectivity index (χ4n) is 3.52. The minimum Gasteiger partial charge on any atom is -0.321 e. The van der Waals surface area contributed by atoms with E-state index >= 15 is 0 Å². The highest BCUT2D eigenvalue weighted by Crippen LogP contribution is 2.39. The largest absolute Gasteiger partial charge is 0.321 e. The van der Waals surface area contributed by atoms with Crippen molar-refractivity contribution < 1.29 is 9.59 Å². The second-order valence-electron chi connectivity index (χ2n) is 6.78. The van der Waals surface area contributed by atoms with Crippen LogP contribution in [0.15, 0.2) is 71.4 Å². The first-order chi connectivity index (χ1) is 14.2. The Hall–Kier alpha value is -3.22. The van der Waals surface area contributed by atoms with E-state index in [0.29, 0.717) is 9.75 Å². The molecule has 0 saturated heterocycles. The Labute approximate surface area is 175 Å². The van der Waals surface area contributed by atoms with Crippen molar-refractivity contribution in [2.75, 3.05) is 10.6 Å². The number of thiophene rings is 2. The minimum atomic E-state index is -0.102. The second kappa shape index (κ2) is 7.31. The number of hydrogen-bond acceptors (Lipinski definition) is 4. The number of amides is 2. The molecule has 0 aliphatic heterocycles. The maximum absolute atomic E-state index is 12.4. The Morgan fingerprint density at radius 3 is 1.59 bits per heavy atom. The van der Waals surface area contributed by atoms with Gasteiger partial charge in [-0.05, 0) is 75.8 Å². The lowest BCUT2D eigenvalue weighted by Crippen LogP contribution is -2.10. The number of hydrogen-bond donors (Lipinski definition) is 2. The Balaban J connectivity index is 1.41. The molecule has 29 heavy (non-hydrogen) atoms. The SMILES string of the molecule is O=C(Nc1ccc2c(c1)-c1cc(NC(=O)c3cccs3)ccc1C2)c1cccs1. The highest BCUT2D eigenvalue weighted by atomic mass is 32.1. The number of anilines is 2. The Morgan fingerprint density at radius 1 is 0.690 bits per heavy atom. The van der Waals surface area contributed by atoms with Crippen molar-refractivity contribution in [2.45, 2.75) is 6.42 Å². The van der Waals surface area contributed by atoms with Crippen LogP contribution >= 0.6 is 22.7 Å². The number of rotatable bonds is 4. The average molecular weight is 417 g/mol. The number of nitrogens with one attached hydrogen (secondary N) is 2. The van der Waals surface area contributed by atoms with Gasteiger partial charge in [0.05, 0.1) is 9.75 Å². The van der Waals surface area contributed by atoms with Crippen LogP contribution in [0.25, 0.3) is 11.1 Å². The van der Waals surface area contributed by atoms with E-state index in [1.807, 2.05) is 59.3 Å². The smallest absolute Gasteiger partial charge is 0.265 e. The molecule has 4 aromatic rings. The van der Waals surface area contributed by atoms with E-state index in [-0.39, 0.29) is 11.8 Å². The molecule has 2 aromatic heterocycles. The van der Waals surface area contributed by atoms with Gasteiger partial charge in [0.25, 0.3) is 11.8 Å². The van der Waals surface area contributed by atoms with E-state index in [2.05, 4.69) is 22.8 Å². The van der Waals surface area contributed by atoms with Gasteiger partial charge in [-0.2, -0.15) is 0 Å². The van der Waals surface area contributed by atoms with E-state index < -0.39 is 0 Å². The fourth-order valence-corrected chi connectivity index (χ4v) is 4.76. The first-order valence-electron chi connectivity index (χ1n) is 9.13. The second-order valence-corrected chi connectivity index (χ2v) is 8.68. The van der Waals surface area contributed by atoms with Gasteiger partial charge in [0.1, 0.15) is 0 Å². The van der Waals surface area contributed by atoms with Crippen molar-refractivity contribution >= 4 is 45.9 Å². The summed E-state index contributed by atoms with van der Waals surface area (Å²) in [5, 5.41) is 9.72. The molecule has 0 fully saturated rings. The van der Waals surface area contributed by atoms with E-state index in [9.17, 15) is 9.59 Å². The predicted molar refractivity (Wildman–Crippen MR) is 119 cm³/mol. The van der Waals surface area contributed by atoms with Crippen molar-refractivity contribution in [1.82, 2.24) is 0 Å². The zero-order valence-electron chi connectivity index (χ0n) is 15.3. The van der Waals surface area contributed by atoms with Gasteiger partial charge in [-0.3, -0.25) is 9.59 Å². The number of carbonyl (C=O) groups excluding carboxylic acids is 2. The van der Waals surface area contributed by atoms with Crippen molar-refractivity contribution in [3.05, 3.63) is 92.3 Å². The highest BCUT2D eigenvalue weighted by Gasteiger charge is 2.20. The van der Waals surface area contributed by atoms with Crippen LogP contribution in [0, 0.1) is 0 Å². The molecule has 6 heteroatoms. The average Bonchev–Trinajstić information content (AvgIpc) is 3.48. The number of carbonyl (C=O) groups is 2. The topological polar surface area (TPSA) is 58.2 Å². The Bertz CT molecular complexity index is 1120. The molecule has 2 amide bonds. The van der Waals surface area contributed by atoms with Gasteiger partial charge < -0.3 is 10.6 Å². The third-order valence-electron chi connectivity index (χ3n) is 4.90. The van der Waals surface area contributed by atoms with Gasteiger partial charge in [0.15, 0.2) is 0 Å². The van der Waals surface area contributed by atoms with Gasteiger partial charge in [-0.25, -0.2) is 0 Å². The zero-order chi connectivity index (χ0) is 19.8. The molecule has 2 aromatic carbocycles. The van der Waals surface area contributed by atoms with Crippen molar-refractivity contribution in [3.63, 3.8) is 0 Å². The van der Waals surface area contributed by atoms with Crippen LogP contribution in [0.4, 0.5) is 11.4 Å². The summed E-state index contributed by atoms with van der Waals surface area (Å²) in [6, 6.07) is 19.4. The van der Waals surface area contributed by atoms with Crippen LogP contribution in [0.2, 0.25) is 0 Å². The summed E-state index contributed by atoms with van der Waals surface area (Å²) in [5.41, 5.74) is 6.16. The molecular formula is C23H16N2O2S2. The van der Waals surface area contributed by atoms with E-state index in [1.54, 1.807) is 0 Å². The number of fused-ring (bicyclic) bond motifs is 3. The third-order valence-corrected chi connectivity index (χ3v) is 6.63. The van der Waals surface area contributed by atoms with Crippen molar-refractivity contribution in [2.24, 2.45) is 0 Å². The van der Waals surface area contributed by atoms with Gasteiger partial charge in [0, 0.05) is 11.4 Å². The maximum atomic E-state index is 12.4. The molecule has 2 N–H and O–H groups in total. The fraction of sp³-hybridized carbons (Fsp3) is 0.0435. The molecule has 0 spiro atoms. The molecule has 5 rings (SSSR count). The summed E-state index contributed by atoms with van der Waals surface area (Å²) in [4.78, 5) is 26.1. The summed E-state index contributed by atoms with van der Waals surface area (Å²) in [6.45, 7) is 0. The van der Waals surface area contributed by atoms with Crippen LogP contribution < -0.4 is 10.6 Å². The molecule has 4 nitrogen and oxygen atoms in total. The van der Waals surface area contributed by atoms with Gasteiger partial charge in [-0.15, -0.1) is 22.7 Å². The van der Waals surface area contributed by atoms with Crippen molar-refractivity contribution in [1.29, 1.82) is 0 Å². The normalized spacial score (nSPS) is 11.6. The first-order valence-corrected chi connectivity index (χ1v) is 10.9. The quantitative estimate of drug-likeness (QED) is 0.384. The molecule has 0 atom stereocenters. The monoisotopic (exact) mass is 416 g/mol. The molecule has 0 unspecified atom stereocenters. The lowest BCUT2D eigenvalue weighted by Gasteiger charge is -2.09. The standard InChI is InChI=1S/C23H16N2O2S2/c26-22(20-3-1-9-28-20)24-16-7-5-14-11-15-6-8-17(13-19(15)18(14)12-16)25-23(27)21-4-2-10-29-21/h1-10,12-13H,11H2,(H,24,26)(H,25,27). The van der Waals surface area contributed by atoms with Crippen LogP contribution in [-0.4, -0.2) is 11.8 Å². The first kappa shape index (κ1) is 17.8. The van der Waals surface area contributed by atoms with Gasteiger partial charge in [-0.1, -0.05) is 24.3 Å². The summed E-state index contributed by atoms with van der Waals surface area (Å²) in [7, 11) is 0. The lowest BCUT2D eigenvalue weighted by molar-refractivity contribution is 0.102. The van der Waals surface area contributed by atoms with Gasteiger partial charge >= 0.3 is 0 Å². The molecular weight excluding hydrogens is 400 g/mol. The van der Waals surface area contributed by atoms with Crippen LogP contribution in [0.3, 0.4) is 0 Å². The third kappa shape index (κ3) is 3.48. The van der Waals surface area contributed by atoms with Gasteiger partial charge in [0.2, 0.25) is 0 Å². The summed E-state index contributed by atoms with van der Waals surface area (Å²) >= 11 is 2.84. The summed E-state index contributed by atoms with van der Waals surface area (Å²) in [6.07, 6.45) is 0.850. The van der Waals surface area contributed by atoms with E-state index in [1.165, 1.54) is 33.8 Å². The molecule has 0 saturated carbocycles. The molecule has 0 radical (unpaired) electrons. The molecule has 1 aliphatic rings. The maximum Gasteiger partial charge on any atom is 0.265 e. The van der Waals surface area contributed by atoms with Crippen molar-refractivity contribution in [3.8, 4) is 11.1 Å². The predicted octanol–water partition coefficient (Wildman–Crippen LogP) is 5.89. The Morgan fingerprint density at radius 2 is 1.17 bits per heavy atom. The van der Waals surface area contributed by atoms with E-state index in [0.717, 1.165) is 28.9 Å². The Kier molecular flexibility index (Phi) is 4.50. The molecule has 2 heterocycles. The summed E-state index contributed by atoms with van der Waals surface area (Å²) in [5.74, 6) is -0.203. The minimum absolute atomic E-state index is 0.102. The lowest BCUT2D eigenvalue weighted by atomic mass is 10.0. The summed E-state index contributed by atoms with van der Waals surface area (Å²) < 4.78 is 0. The van der Waals surface area contributed by atoms with E-state index in [4.69, 9.17) is 0 Å². The zero-order valence-corrected chi connectivity index (χ0v) is 16.9. The molecule has 0 bridgehead atoms. The highest BCUT2D eigenvalue weighted by molar-refractivity contribution is 7.12.